The quantitative estimate of drug-likeness (QED) is 0.473. The monoisotopic (exact) mass is 371 g/mol. The van der Waals surface area contributed by atoms with Crippen molar-refractivity contribution in [3.63, 3.8) is 0 Å². The number of hydrogen-bond donors (Lipinski definition) is 0. The lowest BCUT2D eigenvalue weighted by Crippen LogP contribution is -2.22. The van der Waals surface area contributed by atoms with Gasteiger partial charge in [-0.15, -0.1) is 10.2 Å². The highest BCUT2D eigenvalue weighted by molar-refractivity contribution is 6.76. The van der Waals surface area contributed by atoms with E-state index in [0.29, 0.717) is 6.73 Å². The van der Waals surface area contributed by atoms with E-state index in [-0.39, 0.29) is 0 Å². The summed E-state index contributed by atoms with van der Waals surface area (Å²) < 4.78 is 7.86. The zero-order chi connectivity index (χ0) is 18.6. The molecular formula is C21H33N3OSi. The second-order valence-corrected chi connectivity index (χ2v) is 14.7. The molecule has 0 saturated heterocycles. The first-order valence-electron chi connectivity index (χ1n) is 9.98. The van der Waals surface area contributed by atoms with Crippen LogP contribution in [0.25, 0.3) is 11.4 Å². The van der Waals surface area contributed by atoms with Gasteiger partial charge in [-0.2, -0.15) is 0 Å². The molecule has 2 aromatic rings. The molecular weight excluding hydrogens is 338 g/mol. The Morgan fingerprint density at radius 1 is 1.08 bits per heavy atom. The maximum absolute atomic E-state index is 5.86. The Bertz CT molecular complexity index is 682. The summed E-state index contributed by atoms with van der Waals surface area (Å²) >= 11 is 0. The highest BCUT2D eigenvalue weighted by Crippen LogP contribution is 2.36. The van der Waals surface area contributed by atoms with Crippen LogP contribution < -0.4 is 0 Å². The minimum atomic E-state index is -1.05. The Labute approximate surface area is 159 Å². The first-order chi connectivity index (χ1) is 12.4. The van der Waals surface area contributed by atoms with Gasteiger partial charge in [0.15, 0.2) is 5.82 Å². The number of nitrogens with zero attached hydrogens (tertiary/aromatic N) is 3. The molecule has 4 nitrogen and oxygen atoms in total. The average Bonchev–Trinajstić information content (AvgIpc) is 3.07. The number of aromatic nitrogens is 3. The van der Waals surface area contributed by atoms with E-state index in [9.17, 15) is 0 Å². The molecule has 0 aliphatic heterocycles. The van der Waals surface area contributed by atoms with Gasteiger partial charge in [0.05, 0.1) is 0 Å². The van der Waals surface area contributed by atoms with E-state index in [1.807, 2.05) is 4.57 Å². The van der Waals surface area contributed by atoms with Gasteiger partial charge in [-0.3, -0.25) is 4.57 Å². The van der Waals surface area contributed by atoms with E-state index < -0.39 is 8.07 Å². The van der Waals surface area contributed by atoms with E-state index in [1.54, 1.807) is 6.33 Å². The molecule has 0 radical (unpaired) electrons. The van der Waals surface area contributed by atoms with Crippen molar-refractivity contribution in [3.05, 3.63) is 36.2 Å². The molecule has 0 atom stereocenters. The van der Waals surface area contributed by atoms with Gasteiger partial charge in [0.2, 0.25) is 0 Å². The largest absolute Gasteiger partial charge is 0.361 e. The number of ether oxygens (including phenoxy) is 1. The van der Waals surface area contributed by atoms with Crippen molar-refractivity contribution in [2.24, 2.45) is 5.92 Å². The zero-order valence-electron chi connectivity index (χ0n) is 16.7. The molecule has 1 aromatic carbocycles. The molecule has 0 N–H and O–H groups in total. The van der Waals surface area contributed by atoms with Crippen molar-refractivity contribution in [3.8, 4) is 11.4 Å². The SMILES string of the molecule is CC1CCC(c2ccc(-c3nncn3COCC[Si](C)(C)C)cc2)CC1. The van der Waals surface area contributed by atoms with E-state index in [4.69, 9.17) is 4.74 Å². The van der Waals surface area contributed by atoms with Gasteiger partial charge < -0.3 is 4.74 Å². The van der Waals surface area contributed by atoms with Crippen LogP contribution in [0.4, 0.5) is 0 Å². The number of benzene rings is 1. The van der Waals surface area contributed by atoms with Crippen LogP contribution in [-0.2, 0) is 11.5 Å². The lowest BCUT2D eigenvalue weighted by molar-refractivity contribution is 0.0880. The maximum Gasteiger partial charge on any atom is 0.165 e. The molecule has 1 saturated carbocycles. The Hall–Kier alpha value is -1.46. The van der Waals surface area contributed by atoms with E-state index in [2.05, 4.69) is 61.0 Å². The molecule has 0 amide bonds. The molecule has 0 unspecified atom stereocenters. The zero-order valence-corrected chi connectivity index (χ0v) is 17.7. The second kappa shape index (κ2) is 8.48. The van der Waals surface area contributed by atoms with Crippen LogP contribution in [0.3, 0.4) is 0 Å². The Kier molecular flexibility index (Phi) is 6.30. The molecule has 26 heavy (non-hydrogen) atoms. The highest BCUT2D eigenvalue weighted by atomic mass is 28.3. The van der Waals surface area contributed by atoms with Crippen molar-refractivity contribution in [2.45, 2.75) is 70.9 Å². The number of rotatable bonds is 7. The molecule has 1 aliphatic carbocycles. The molecule has 1 fully saturated rings. The topological polar surface area (TPSA) is 39.9 Å². The predicted molar refractivity (Wildman–Crippen MR) is 110 cm³/mol. The minimum absolute atomic E-state index is 0.523. The van der Waals surface area contributed by atoms with Crippen LogP contribution in [0.5, 0.6) is 0 Å². The van der Waals surface area contributed by atoms with Crippen molar-refractivity contribution < 1.29 is 4.74 Å². The van der Waals surface area contributed by atoms with Gasteiger partial charge in [0, 0.05) is 20.2 Å². The summed E-state index contributed by atoms with van der Waals surface area (Å²) in [4.78, 5) is 0. The molecule has 1 aromatic heterocycles. The third-order valence-electron chi connectivity index (χ3n) is 5.50. The van der Waals surface area contributed by atoms with Gasteiger partial charge in [0.25, 0.3) is 0 Å². The van der Waals surface area contributed by atoms with Crippen LogP contribution in [-0.4, -0.2) is 29.4 Å². The highest BCUT2D eigenvalue weighted by Gasteiger charge is 2.20. The van der Waals surface area contributed by atoms with Crippen LogP contribution in [0, 0.1) is 5.92 Å². The van der Waals surface area contributed by atoms with E-state index >= 15 is 0 Å². The Morgan fingerprint density at radius 3 is 2.42 bits per heavy atom. The fourth-order valence-electron chi connectivity index (χ4n) is 3.61. The number of hydrogen-bond acceptors (Lipinski definition) is 3. The fourth-order valence-corrected chi connectivity index (χ4v) is 4.37. The smallest absolute Gasteiger partial charge is 0.165 e. The molecule has 3 rings (SSSR count). The summed E-state index contributed by atoms with van der Waals surface area (Å²) in [6.45, 7) is 10.8. The summed E-state index contributed by atoms with van der Waals surface area (Å²) in [6, 6.07) is 10.1. The van der Waals surface area contributed by atoms with Gasteiger partial charge in [-0.05, 0) is 36.3 Å². The molecule has 142 valence electrons. The Balaban J connectivity index is 1.60. The molecule has 0 spiro atoms. The van der Waals surface area contributed by atoms with Crippen molar-refractivity contribution in [2.75, 3.05) is 6.61 Å². The van der Waals surface area contributed by atoms with E-state index in [1.165, 1.54) is 37.3 Å². The third kappa shape index (κ3) is 5.27. The first-order valence-corrected chi connectivity index (χ1v) is 13.7. The molecule has 5 heteroatoms. The lowest BCUT2D eigenvalue weighted by atomic mass is 9.79. The van der Waals surface area contributed by atoms with Crippen LogP contribution in [0.1, 0.15) is 44.1 Å². The minimum Gasteiger partial charge on any atom is -0.361 e. The van der Waals surface area contributed by atoms with Gasteiger partial charge in [-0.25, -0.2) is 0 Å². The molecule has 1 heterocycles. The maximum atomic E-state index is 5.86. The second-order valence-electron chi connectivity index (χ2n) is 9.05. The summed E-state index contributed by atoms with van der Waals surface area (Å²) in [7, 11) is -1.05. The summed E-state index contributed by atoms with van der Waals surface area (Å²) in [5.41, 5.74) is 2.59. The fraction of sp³-hybridized carbons (Fsp3) is 0.619. The van der Waals surface area contributed by atoms with Gasteiger partial charge in [0.1, 0.15) is 13.1 Å². The normalized spacial score (nSPS) is 21.1. The van der Waals surface area contributed by atoms with Crippen molar-refractivity contribution in [1.29, 1.82) is 0 Å². The molecule has 1 aliphatic rings. The summed E-state index contributed by atoms with van der Waals surface area (Å²) in [5, 5.41) is 8.40. The Morgan fingerprint density at radius 2 is 1.77 bits per heavy atom. The van der Waals surface area contributed by atoms with Crippen LogP contribution in [0.15, 0.2) is 30.6 Å². The van der Waals surface area contributed by atoms with Crippen molar-refractivity contribution in [1.82, 2.24) is 14.8 Å². The predicted octanol–water partition coefficient (Wildman–Crippen LogP) is 5.55. The van der Waals surface area contributed by atoms with Crippen LogP contribution >= 0.6 is 0 Å². The third-order valence-corrected chi connectivity index (χ3v) is 7.20. The van der Waals surface area contributed by atoms with Gasteiger partial charge in [-0.1, -0.05) is 63.7 Å². The summed E-state index contributed by atoms with van der Waals surface area (Å²) in [5.74, 6) is 2.51. The standard InChI is InChI=1S/C21H33N3OSi/c1-17-5-7-18(8-6-17)19-9-11-20(12-10-19)21-23-22-15-24(21)16-25-13-14-26(2,3)4/h9-12,15,17-18H,5-8,13-14,16H2,1-4H3. The summed E-state index contributed by atoms with van der Waals surface area (Å²) in [6.07, 6.45) is 7.12. The van der Waals surface area contributed by atoms with Gasteiger partial charge >= 0.3 is 0 Å². The first kappa shape index (κ1) is 19.3. The van der Waals surface area contributed by atoms with Crippen LogP contribution in [0.2, 0.25) is 25.7 Å². The van der Waals surface area contributed by atoms with E-state index in [0.717, 1.165) is 29.8 Å². The lowest BCUT2D eigenvalue weighted by Gasteiger charge is -2.26. The average molecular weight is 372 g/mol. The van der Waals surface area contributed by atoms with Crippen molar-refractivity contribution >= 4 is 8.07 Å². The molecule has 0 bridgehead atoms.